The molecule has 7 rings (SSSR count). The highest BCUT2D eigenvalue weighted by molar-refractivity contribution is 5.89. The first kappa shape index (κ1) is 30.8. The maximum Gasteiger partial charge on any atom is 0.230 e. The lowest BCUT2D eigenvalue weighted by Crippen LogP contribution is -2.56. The molecule has 0 radical (unpaired) electrons. The molecule has 4 aliphatic rings. The van der Waals surface area contributed by atoms with Crippen molar-refractivity contribution in [3.8, 4) is 23.2 Å². The van der Waals surface area contributed by atoms with Gasteiger partial charge < -0.3 is 29.9 Å². The Morgan fingerprint density at radius 1 is 1.09 bits per heavy atom. The van der Waals surface area contributed by atoms with Gasteiger partial charge >= 0.3 is 0 Å². The van der Waals surface area contributed by atoms with Crippen molar-refractivity contribution >= 4 is 29.1 Å². The Labute approximate surface area is 271 Å². The van der Waals surface area contributed by atoms with Gasteiger partial charge in [0.15, 0.2) is 12.0 Å². The molecule has 1 aromatic heterocycles. The van der Waals surface area contributed by atoms with Gasteiger partial charge in [0.1, 0.15) is 24.3 Å². The van der Waals surface area contributed by atoms with Gasteiger partial charge in [0.25, 0.3) is 0 Å². The molecule has 2 N–H and O–H groups in total. The number of anilines is 3. The predicted molar refractivity (Wildman–Crippen MR) is 170 cm³/mol. The first-order valence-corrected chi connectivity index (χ1v) is 16.0. The van der Waals surface area contributed by atoms with E-state index in [-0.39, 0.29) is 49.1 Å². The molecule has 47 heavy (non-hydrogen) atoms. The highest BCUT2D eigenvalue weighted by atomic mass is 19.1. The van der Waals surface area contributed by atoms with Crippen molar-refractivity contribution in [1.29, 1.82) is 5.26 Å². The number of nitriles is 1. The summed E-state index contributed by atoms with van der Waals surface area (Å²) < 4.78 is 26.4. The van der Waals surface area contributed by atoms with E-state index in [0.717, 1.165) is 45.1 Å². The zero-order valence-electron chi connectivity index (χ0n) is 25.8. The van der Waals surface area contributed by atoms with E-state index in [2.05, 4.69) is 53.6 Å². The summed E-state index contributed by atoms with van der Waals surface area (Å²) in [5.41, 5.74) is 2.80. The van der Waals surface area contributed by atoms with Gasteiger partial charge in [-0.3, -0.25) is 14.5 Å². The lowest BCUT2D eigenvalue weighted by atomic mass is 10.0. The lowest BCUT2D eigenvalue weighted by Gasteiger charge is -2.43. The number of piperazine rings is 1. The SMILES string of the molecule is N#Cc1cc(-c2ncnc(Nc3ccc(N4CCN(C5COC5)CC4)cc3)n2)ccc1O[C@H]1CCN(C(=O)[C@H]2CNC(=O)C2)C[C@H]1F. The molecule has 0 bridgehead atoms. The van der Waals surface area contributed by atoms with E-state index in [9.17, 15) is 14.9 Å². The number of likely N-dealkylation sites (tertiary alicyclic amines) is 1. The Morgan fingerprint density at radius 3 is 2.57 bits per heavy atom. The molecule has 2 aromatic carbocycles. The van der Waals surface area contributed by atoms with Crippen LogP contribution in [0.5, 0.6) is 5.75 Å². The number of hydrogen-bond acceptors (Lipinski definition) is 11. The molecular weight excluding hydrogens is 605 g/mol. The molecule has 14 heteroatoms. The molecule has 0 unspecified atom stereocenters. The van der Waals surface area contributed by atoms with Crippen LogP contribution in [0.2, 0.25) is 0 Å². The number of carbonyl (C=O) groups is 2. The van der Waals surface area contributed by atoms with Crippen molar-refractivity contribution in [2.24, 2.45) is 5.92 Å². The van der Waals surface area contributed by atoms with Crippen LogP contribution in [0.25, 0.3) is 11.4 Å². The molecule has 4 fully saturated rings. The predicted octanol–water partition coefficient (Wildman–Crippen LogP) is 2.13. The second-order valence-corrected chi connectivity index (χ2v) is 12.3. The number of benzene rings is 2. The van der Waals surface area contributed by atoms with Gasteiger partial charge in [0.2, 0.25) is 17.8 Å². The Balaban J connectivity index is 0.956. The zero-order chi connectivity index (χ0) is 32.3. The van der Waals surface area contributed by atoms with Gasteiger partial charge in [-0.2, -0.15) is 10.2 Å². The first-order valence-electron chi connectivity index (χ1n) is 16.0. The Bertz CT molecular complexity index is 1660. The smallest absolute Gasteiger partial charge is 0.230 e. The molecule has 0 aliphatic carbocycles. The van der Waals surface area contributed by atoms with Gasteiger partial charge in [0, 0.05) is 69.0 Å². The molecule has 2 amide bonds. The number of aromatic nitrogens is 3. The zero-order valence-corrected chi connectivity index (χ0v) is 25.8. The van der Waals surface area contributed by atoms with Gasteiger partial charge in [-0.25, -0.2) is 14.4 Å². The molecule has 13 nitrogen and oxygen atoms in total. The second-order valence-electron chi connectivity index (χ2n) is 12.3. The van der Waals surface area contributed by atoms with Gasteiger partial charge in [-0.1, -0.05) is 0 Å². The standard InChI is InChI=1S/C33H36FN9O4/c34-27-17-43(32(45)23-14-30(44)36-16-23)8-7-29(27)47-28-6-1-21(13-22(28)15-35)31-37-20-38-33(40-31)39-24-2-4-25(5-3-24)41-9-11-42(12-10-41)26-18-46-19-26/h1-6,13,20,23,26-27,29H,7-12,14,16-19H2,(H,36,44)(H,37,38,39,40)/t23-,27-,29+/m1/s1. The maximum atomic E-state index is 15.2. The van der Waals surface area contributed by atoms with Crippen molar-refractivity contribution in [2.75, 3.05) is 69.2 Å². The van der Waals surface area contributed by atoms with E-state index < -0.39 is 18.2 Å². The highest BCUT2D eigenvalue weighted by Crippen LogP contribution is 2.29. The number of alkyl halides is 1. The van der Waals surface area contributed by atoms with E-state index in [0.29, 0.717) is 29.9 Å². The molecule has 5 heterocycles. The van der Waals surface area contributed by atoms with Gasteiger partial charge in [-0.15, -0.1) is 0 Å². The van der Waals surface area contributed by atoms with Crippen LogP contribution in [0, 0.1) is 17.2 Å². The van der Waals surface area contributed by atoms with E-state index in [1.807, 2.05) is 12.1 Å². The number of halogens is 1. The number of amides is 2. The molecule has 244 valence electrons. The Hall–Kier alpha value is -4.87. The summed E-state index contributed by atoms with van der Waals surface area (Å²) in [6.45, 7) is 6.18. The van der Waals surface area contributed by atoms with E-state index in [1.165, 1.54) is 16.9 Å². The average molecular weight is 642 g/mol. The number of nitrogens with zero attached hydrogens (tertiary/aromatic N) is 7. The minimum atomic E-state index is -1.44. The molecule has 0 spiro atoms. The average Bonchev–Trinajstić information content (AvgIpc) is 3.51. The number of ether oxygens (including phenoxy) is 2. The van der Waals surface area contributed by atoms with Crippen molar-refractivity contribution in [2.45, 2.75) is 31.2 Å². The van der Waals surface area contributed by atoms with Gasteiger partial charge in [-0.05, 0) is 42.5 Å². The second kappa shape index (κ2) is 13.5. The third-order valence-electron chi connectivity index (χ3n) is 9.27. The summed E-state index contributed by atoms with van der Waals surface area (Å²) in [6.07, 6.45) is -0.447. The highest BCUT2D eigenvalue weighted by Gasteiger charge is 2.38. The van der Waals surface area contributed by atoms with Crippen LogP contribution in [-0.2, 0) is 14.3 Å². The Morgan fingerprint density at radius 2 is 1.89 bits per heavy atom. The normalized spacial score (nSPS) is 23.5. The molecule has 3 atom stereocenters. The topological polar surface area (TPSA) is 149 Å². The summed E-state index contributed by atoms with van der Waals surface area (Å²) >= 11 is 0. The fourth-order valence-electron chi connectivity index (χ4n) is 6.44. The van der Waals surface area contributed by atoms with E-state index >= 15 is 4.39 Å². The summed E-state index contributed by atoms with van der Waals surface area (Å²) in [5.74, 6) is 0.130. The molecular formula is C33H36FN9O4. The summed E-state index contributed by atoms with van der Waals surface area (Å²) in [5, 5.41) is 15.7. The number of nitrogens with one attached hydrogen (secondary N) is 2. The molecule has 0 saturated carbocycles. The Kier molecular flexibility index (Phi) is 8.82. The van der Waals surface area contributed by atoms with Crippen LogP contribution in [0.1, 0.15) is 18.4 Å². The van der Waals surface area contributed by atoms with Crippen LogP contribution in [0.4, 0.5) is 21.7 Å². The summed E-state index contributed by atoms with van der Waals surface area (Å²) in [7, 11) is 0. The fourth-order valence-corrected chi connectivity index (χ4v) is 6.44. The van der Waals surface area contributed by atoms with Crippen molar-refractivity contribution in [1.82, 2.24) is 30.1 Å². The largest absolute Gasteiger partial charge is 0.486 e. The third kappa shape index (κ3) is 6.81. The molecule has 3 aromatic rings. The maximum absolute atomic E-state index is 15.2. The van der Waals surface area contributed by atoms with Crippen LogP contribution in [0.3, 0.4) is 0 Å². The first-order chi connectivity index (χ1) is 22.9. The van der Waals surface area contributed by atoms with Crippen molar-refractivity contribution in [3.05, 3.63) is 54.4 Å². The monoisotopic (exact) mass is 641 g/mol. The minimum Gasteiger partial charge on any atom is -0.486 e. The van der Waals surface area contributed by atoms with E-state index in [1.54, 1.807) is 18.2 Å². The summed E-state index contributed by atoms with van der Waals surface area (Å²) in [4.78, 5) is 43.7. The minimum absolute atomic E-state index is 0.120. The quantitative estimate of drug-likeness (QED) is 0.373. The fraction of sp³-hybridized carbons (Fsp3) is 0.455. The van der Waals surface area contributed by atoms with Crippen LogP contribution in [-0.4, -0.2) is 114 Å². The number of rotatable bonds is 8. The van der Waals surface area contributed by atoms with Crippen LogP contribution < -0.4 is 20.3 Å². The number of carbonyl (C=O) groups excluding carboxylic acids is 2. The van der Waals surface area contributed by atoms with Crippen LogP contribution >= 0.6 is 0 Å². The summed E-state index contributed by atoms with van der Waals surface area (Å²) in [6, 6.07) is 15.8. The third-order valence-corrected chi connectivity index (χ3v) is 9.27. The molecule has 4 saturated heterocycles. The van der Waals surface area contributed by atoms with E-state index in [4.69, 9.17) is 9.47 Å². The van der Waals surface area contributed by atoms with Crippen LogP contribution in [0.15, 0.2) is 48.8 Å². The van der Waals surface area contributed by atoms with Crippen molar-refractivity contribution < 1.29 is 23.5 Å². The van der Waals surface area contributed by atoms with Gasteiger partial charge in [0.05, 0.1) is 37.3 Å². The number of piperidine rings is 1. The lowest BCUT2D eigenvalue weighted by molar-refractivity contribution is -0.139. The number of hydrogen-bond donors (Lipinski definition) is 2. The van der Waals surface area contributed by atoms with Crippen molar-refractivity contribution in [3.63, 3.8) is 0 Å². The molecule has 4 aliphatic heterocycles.